The van der Waals surface area contributed by atoms with E-state index in [9.17, 15) is 14.0 Å². The minimum Gasteiger partial charge on any atom is -0.494 e. The SMILES string of the molecule is CN(CCCOc1ccc(F)cc1)C(=O)NCCCC(=O)O. The van der Waals surface area contributed by atoms with Crippen molar-refractivity contribution in [3.63, 3.8) is 0 Å². The number of hydrogen-bond donors (Lipinski definition) is 2. The molecule has 0 atom stereocenters. The highest BCUT2D eigenvalue weighted by Crippen LogP contribution is 2.11. The van der Waals surface area contributed by atoms with Crippen LogP contribution in [0.2, 0.25) is 0 Å². The van der Waals surface area contributed by atoms with Gasteiger partial charge in [-0.05, 0) is 37.1 Å². The van der Waals surface area contributed by atoms with Gasteiger partial charge in [-0.1, -0.05) is 0 Å². The molecule has 7 heteroatoms. The second kappa shape index (κ2) is 9.59. The van der Waals surface area contributed by atoms with Crippen LogP contribution in [-0.2, 0) is 4.79 Å². The van der Waals surface area contributed by atoms with E-state index in [1.165, 1.54) is 17.0 Å². The first-order valence-corrected chi connectivity index (χ1v) is 7.08. The van der Waals surface area contributed by atoms with Gasteiger partial charge in [0.25, 0.3) is 0 Å². The number of halogens is 1. The number of hydrogen-bond acceptors (Lipinski definition) is 3. The monoisotopic (exact) mass is 312 g/mol. The van der Waals surface area contributed by atoms with Gasteiger partial charge in [-0.25, -0.2) is 9.18 Å². The molecule has 0 saturated carbocycles. The number of nitrogens with one attached hydrogen (secondary N) is 1. The number of benzene rings is 1. The third-order valence-electron chi connectivity index (χ3n) is 2.91. The fourth-order valence-corrected chi connectivity index (χ4v) is 1.69. The Labute approximate surface area is 128 Å². The summed E-state index contributed by atoms with van der Waals surface area (Å²) < 4.78 is 18.1. The van der Waals surface area contributed by atoms with Gasteiger partial charge in [-0.3, -0.25) is 4.79 Å². The van der Waals surface area contributed by atoms with E-state index in [0.29, 0.717) is 38.3 Å². The summed E-state index contributed by atoms with van der Waals surface area (Å²) in [5.74, 6) is -0.602. The molecular weight excluding hydrogens is 291 g/mol. The topological polar surface area (TPSA) is 78.9 Å². The molecular formula is C15H21FN2O4. The zero-order chi connectivity index (χ0) is 16.4. The quantitative estimate of drug-likeness (QED) is 0.684. The van der Waals surface area contributed by atoms with Crippen molar-refractivity contribution in [3.8, 4) is 5.75 Å². The molecule has 2 amide bonds. The number of carboxylic acids is 1. The lowest BCUT2D eigenvalue weighted by Gasteiger charge is -2.18. The summed E-state index contributed by atoms with van der Waals surface area (Å²) >= 11 is 0. The van der Waals surface area contributed by atoms with Crippen molar-refractivity contribution in [2.75, 3.05) is 26.7 Å². The van der Waals surface area contributed by atoms with E-state index in [1.807, 2.05) is 0 Å². The average molecular weight is 312 g/mol. The minimum absolute atomic E-state index is 0.0372. The second-order valence-electron chi connectivity index (χ2n) is 4.81. The van der Waals surface area contributed by atoms with Crippen molar-refractivity contribution < 1.29 is 23.8 Å². The molecule has 0 fully saturated rings. The van der Waals surface area contributed by atoms with Gasteiger partial charge in [0.2, 0.25) is 0 Å². The van der Waals surface area contributed by atoms with Gasteiger partial charge in [-0.2, -0.15) is 0 Å². The van der Waals surface area contributed by atoms with Crippen molar-refractivity contribution in [3.05, 3.63) is 30.1 Å². The van der Waals surface area contributed by atoms with Crippen LogP contribution in [0.25, 0.3) is 0 Å². The van der Waals surface area contributed by atoms with Crippen molar-refractivity contribution in [2.24, 2.45) is 0 Å². The molecule has 0 heterocycles. The number of urea groups is 1. The van der Waals surface area contributed by atoms with Gasteiger partial charge in [-0.15, -0.1) is 0 Å². The fraction of sp³-hybridized carbons (Fsp3) is 0.467. The van der Waals surface area contributed by atoms with Crippen molar-refractivity contribution in [1.29, 1.82) is 0 Å². The van der Waals surface area contributed by atoms with Gasteiger partial charge in [0.15, 0.2) is 0 Å². The molecule has 0 saturated heterocycles. The lowest BCUT2D eigenvalue weighted by Crippen LogP contribution is -2.38. The molecule has 0 radical (unpaired) electrons. The number of nitrogens with zero attached hydrogens (tertiary/aromatic N) is 1. The van der Waals surface area contributed by atoms with E-state index < -0.39 is 5.97 Å². The Hall–Kier alpha value is -2.31. The van der Waals surface area contributed by atoms with E-state index in [1.54, 1.807) is 19.2 Å². The van der Waals surface area contributed by atoms with E-state index in [2.05, 4.69) is 5.32 Å². The number of aliphatic carboxylic acids is 1. The number of ether oxygens (including phenoxy) is 1. The Kier molecular flexibility index (Phi) is 7.74. The lowest BCUT2D eigenvalue weighted by atomic mass is 10.3. The van der Waals surface area contributed by atoms with Crippen molar-refractivity contribution >= 4 is 12.0 Å². The molecule has 0 unspecified atom stereocenters. The number of carbonyl (C=O) groups is 2. The van der Waals surface area contributed by atoms with Gasteiger partial charge in [0, 0.05) is 26.6 Å². The van der Waals surface area contributed by atoms with Crippen LogP contribution in [-0.4, -0.2) is 48.8 Å². The first-order valence-electron chi connectivity index (χ1n) is 7.08. The Balaban J connectivity index is 2.11. The van der Waals surface area contributed by atoms with Gasteiger partial charge in [0.1, 0.15) is 11.6 Å². The molecule has 0 aromatic heterocycles. The van der Waals surface area contributed by atoms with Crippen LogP contribution in [0.15, 0.2) is 24.3 Å². The summed E-state index contributed by atoms with van der Waals surface area (Å²) in [6, 6.07) is 5.51. The number of amides is 2. The molecule has 0 spiro atoms. The van der Waals surface area contributed by atoms with E-state index in [4.69, 9.17) is 9.84 Å². The molecule has 2 N–H and O–H groups in total. The molecule has 1 rings (SSSR count). The van der Waals surface area contributed by atoms with Crippen molar-refractivity contribution in [1.82, 2.24) is 10.2 Å². The lowest BCUT2D eigenvalue weighted by molar-refractivity contribution is -0.137. The summed E-state index contributed by atoms with van der Waals surface area (Å²) in [7, 11) is 1.66. The summed E-state index contributed by atoms with van der Waals surface area (Å²) in [4.78, 5) is 23.5. The summed E-state index contributed by atoms with van der Waals surface area (Å²) in [5.41, 5.74) is 0. The predicted octanol–water partition coefficient (Wildman–Crippen LogP) is 2.10. The maximum Gasteiger partial charge on any atom is 0.317 e. The minimum atomic E-state index is -0.874. The average Bonchev–Trinajstić information content (AvgIpc) is 2.49. The molecule has 0 aliphatic carbocycles. The van der Waals surface area contributed by atoms with Crippen LogP contribution >= 0.6 is 0 Å². The van der Waals surface area contributed by atoms with Crippen LogP contribution in [0.4, 0.5) is 9.18 Å². The largest absolute Gasteiger partial charge is 0.494 e. The second-order valence-corrected chi connectivity index (χ2v) is 4.81. The fourth-order valence-electron chi connectivity index (χ4n) is 1.69. The predicted molar refractivity (Wildman–Crippen MR) is 79.4 cm³/mol. The zero-order valence-electron chi connectivity index (χ0n) is 12.5. The third kappa shape index (κ3) is 7.47. The van der Waals surface area contributed by atoms with Crippen molar-refractivity contribution in [2.45, 2.75) is 19.3 Å². The van der Waals surface area contributed by atoms with Crippen LogP contribution in [0.5, 0.6) is 5.75 Å². The molecule has 122 valence electrons. The Morgan fingerprint density at radius 2 is 1.95 bits per heavy atom. The molecule has 0 aliphatic rings. The summed E-state index contributed by atoms with van der Waals surface area (Å²) in [6.45, 7) is 1.26. The van der Waals surface area contributed by atoms with Gasteiger partial charge >= 0.3 is 12.0 Å². The third-order valence-corrected chi connectivity index (χ3v) is 2.91. The first-order chi connectivity index (χ1) is 10.5. The summed E-state index contributed by atoms with van der Waals surface area (Å²) in [5, 5.41) is 11.1. The van der Waals surface area contributed by atoms with Crippen LogP contribution in [0, 0.1) is 5.82 Å². The molecule has 0 bridgehead atoms. The molecule has 1 aromatic carbocycles. The Morgan fingerprint density at radius 1 is 1.27 bits per heavy atom. The standard InChI is InChI=1S/C15H21FN2O4/c1-18(15(21)17-9-2-4-14(19)20)10-3-11-22-13-7-5-12(16)6-8-13/h5-8H,2-4,9-11H2,1H3,(H,17,21)(H,19,20). The maximum atomic E-state index is 12.7. The van der Waals surface area contributed by atoms with E-state index in [0.717, 1.165) is 0 Å². The molecule has 0 aliphatic heterocycles. The van der Waals surface area contributed by atoms with Gasteiger partial charge < -0.3 is 20.1 Å². The molecule has 22 heavy (non-hydrogen) atoms. The normalized spacial score (nSPS) is 10.1. The Morgan fingerprint density at radius 3 is 2.59 bits per heavy atom. The van der Waals surface area contributed by atoms with Crippen LogP contribution < -0.4 is 10.1 Å². The molecule has 1 aromatic rings. The number of carboxylic acid groups (broad SMARTS) is 1. The van der Waals surface area contributed by atoms with E-state index >= 15 is 0 Å². The first kappa shape index (κ1) is 17.7. The van der Waals surface area contributed by atoms with Gasteiger partial charge in [0.05, 0.1) is 6.61 Å². The van der Waals surface area contributed by atoms with Crippen LogP contribution in [0.1, 0.15) is 19.3 Å². The number of carbonyl (C=O) groups excluding carboxylic acids is 1. The smallest absolute Gasteiger partial charge is 0.317 e. The Bertz CT molecular complexity index is 479. The number of rotatable bonds is 9. The zero-order valence-corrected chi connectivity index (χ0v) is 12.5. The highest BCUT2D eigenvalue weighted by Gasteiger charge is 2.07. The van der Waals surface area contributed by atoms with E-state index in [-0.39, 0.29) is 18.3 Å². The van der Waals surface area contributed by atoms with Crippen LogP contribution in [0.3, 0.4) is 0 Å². The molecule has 6 nitrogen and oxygen atoms in total. The maximum absolute atomic E-state index is 12.7. The highest BCUT2D eigenvalue weighted by atomic mass is 19.1. The highest BCUT2D eigenvalue weighted by molar-refractivity contribution is 5.73. The summed E-state index contributed by atoms with van der Waals surface area (Å²) in [6.07, 6.45) is 1.08.